The number of carbonyl (C=O) groups excluding carboxylic acids is 2. The summed E-state index contributed by atoms with van der Waals surface area (Å²) >= 11 is 6.28. The van der Waals surface area contributed by atoms with Crippen LogP contribution in [0.2, 0.25) is 5.02 Å². The number of methoxy groups -OCH3 is 1. The number of hydrogen-bond acceptors (Lipinski definition) is 6. The molecule has 0 atom stereocenters. The number of ether oxygens (including phenoxy) is 1. The lowest BCUT2D eigenvalue weighted by atomic mass is 10.2. The van der Waals surface area contributed by atoms with Gasteiger partial charge in [0, 0.05) is 38.1 Å². The van der Waals surface area contributed by atoms with E-state index in [0.717, 1.165) is 14.8 Å². The minimum absolute atomic E-state index is 0.0781. The van der Waals surface area contributed by atoms with Crippen molar-refractivity contribution in [2.75, 3.05) is 33.3 Å². The van der Waals surface area contributed by atoms with Crippen molar-refractivity contribution in [2.45, 2.75) is 20.4 Å². The van der Waals surface area contributed by atoms with Crippen molar-refractivity contribution >= 4 is 23.4 Å². The zero-order valence-corrected chi connectivity index (χ0v) is 21.0. The lowest BCUT2D eigenvalue weighted by molar-refractivity contribution is -0.130. The summed E-state index contributed by atoms with van der Waals surface area (Å²) in [6.07, 6.45) is 0. The quantitative estimate of drug-likeness (QED) is 0.516. The molecule has 4 rings (SSSR count). The summed E-state index contributed by atoms with van der Waals surface area (Å²) in [5.41, 5.74) is -0.118. The van der Waals surface area contributed by atoms with E-state index >= 15 is 0 Å². The molecule has 1 aliphatic heterocycles. The molecule has 0 aliphatic carbocycles. The van der Waals surface area contributed by atoms with Gasteiger partial charge in [0.15, 0.2) is 0 Å². The van der Waals surface area contributed by atoms with Crippen molar-refractivity contribution in [1.82, 2.24) is 24.1 Å². The largest absolute Gasteiger partial charge is 0.497 e. The van der Waals surface area contributed by atoms with Crippen LogP contribution in [0.3, 0.4) is 0 Å². The molecule has 3 aromatic rings. The third kappa shape index (κ3) is 5.03. The molecule has 0 N–H and O–H groups in total. The van der Waals surface area contributed by atoms with E-state index < -0.39 is 17.2 Å². The summed E-state index contributed by atoms with van der Waals surface area (Å²) in [4.78, 5) is 55.0. The summed E-state index contributed by atoms with van der Waals surface area (Å²) in [6, 6.07) is 11.9. The summed E-state index contributed by atoms with van der Waals surface area (Å²) in [5, 5.41) is 4.61. The number of carbonyl (C=O) groups is 2. The first-order valence-electron chi connectivity index (χ1n) is 11.4. The molecule has 1 saturated heterocycles. The first-order chi connectivity index (χ1) is 17.2. The van der Waals surface area contributed by atoms with Gasteiger partial charge in [-0.25, -0.2) is 4.79 Å². The second-order valence-electron chi connectivity index (χ2n) is 8.52. The minimum atomic E-state index is -0.795. The number of amides is 2. The number of nitrogens with zero attached hydrogens (tertiary/aromatic N) is 5. The first-order valence-corrected chi connectivity index (χ1v) is 11.8. The van der Waals surface area contributed by atoms with Gasteiger partial charge in [0.25, 0.3) is 11.5 Å². The summed E-state index contributed by atoms with van der Waals surface area (Å²) < 4.78 is 7.25. The monoisotopic (exact) mass is 511 g/mol. The molecule has 1 aliphatic rings. The summed E-state index contributed by atoms with van der Waals surface area (Å²) in [5.74, 6) is -0.111. The Bertz CT molecular complexity index is 1440. The average molecular weight is 512 g/mol. The van der Waals surface area contributed by atoms with E-state index in [-0.39, 0.29) is 31.2 Å². The van der Waals surface area contributed by atoms with Crippen molar-refractivity contribution in [2.24, 2.45) is 0 Å². The average Bonchev–Trinajstić information content (AvgIpc) is 2.88. The molecular weight excluding hydrogens is 486 g/mol. The SMILES string of the molecule is COc1cccc(Cn2c(=O)c(C(=O)N3CCN(C(C)=O)CC3)nn(-c3ccc(C)c(Cl)c3)c2=O)c1. The molecule has 1 aromatic heterocycles. The zero-order chi connectivity index (χ0) is 26.0. The molecule has 2 heterocycles. The van der Waals surface area contributed by atoms with Gasteiger partial charge < -0.3 is 14.5 Å². The molecule has 0 spiro atoms. The predicted octanol–water partition coefficient (Wildman–Crippen LogP) is 1.72. The Morgan fingerprint density at radius 3 is 2.36 bits per heavy atom. The lowest BCUT2D eigenvalue weighted by Gasteiger charge is -2.33. The number of hydrogen-bond donors (Lipinski definition) is 0. The molecule has 2 aromatic carbocycles. The van der Waals surface area contributed by atoms with Crippen LogP contribution in [-0.4, -0.2) is 69.3 Å². The van der Waals surface area contributed by atoms with E-state index in [0.29, 0.717) is 35.1 Å². The summed E-state index contributed by atoms with van der Waals surface area (Å²) in [6.45, 7) is 4.42. The topological polar surface area (TPSA) is 107 Å². The van der Waals surface area contributed by atoms with Crippen molar-refractivity contribution in [1.29, 1.82) is 0 Å². The molecule has 0 bridgehead atoms. The van der Waals surface area contributed by atoms with E-state index in [9.17, 15) is 19.2 Å². The molecule has 11 heteroatoms. The highest BCUT2D eigenvalue weighted by Gasteiger charge is 2.28. The Kier molecular flexibility index (Phi) is 7.25. The highest BCUT2D eigenvalue weighted by atomic mass is 35.5. The third-order valence-electron chi connectivity index (χ3n) is 6.15. The zero-order valence-electron chi connectivity index (χ0n) is 20.2. The Balaban J connectivity index is 1.81. The maximum atomic E-state index is 13.4. The number of piperazine rings is 1. The number of aromatic nitrogens is 3. The molecule has 1 fully saturated rings. The van der Waals surface area contributed by atoms with Gasteiger partial charge in [-0.2, -0.15) is 9.78 Å². The number of benzene rings is 2. The van der Waals surface area contributed by atoms with Crippen LogP contribution in [-0.2, 0) is 11.3 Å². The van der Waals surface area contributed by atoms with E-state index in [1.165, 1.54) is 18.9 Å². The van der Waals surface area contributed by atoms with Gasteiger partial charge in [0.05, 0.1) is 19.3 Å². The van der Waals surface area contributed by atoms with Crippen LogP contribution >= 0.6 is 11.6 Å². The number of aryl methyl sites for hydroxylation is 1. The van der Waals surface area contributed by atoms with Crippen molar-refractivity contribution in [3.8, 4) is 11.4 Å². The van der Waals surface area contributed by atoms with Crippen molar-refractivity contribution in [3.05, 3.63) is 85.1 Å². The lowest BCUT2D eigenvalue weighted by Crippen LogP contribution is -2.52. The maximum absolute atomic E-state index is 13.4. The molecular formula is C25H26ClN5O5. The predicted molar refractivity (Wildman–Crippen MR) is 134 cm³/mol. The van der Waals surface area contributed by atoms with Gasteiger partial charge in [-0.05, 0) is 42.3 Å². The van der Waals surface area contributed by atoms with Gasteiger partial charge in [0.1, 0.15) is 5.75 Å². The van der Waals surface area contributed by atoms with Crippen molar-refractivity contribution in [3.63, 3.8) is 0 Å². The van der Waals surface area contributed by atoms with Crippen LogP contribution in [0, 0.1) is 6.92 Å². The maximum Gasteiger partial charge on any atom is 0.352 e. The Hall–Kier alpha value is -3.92. The second-order valence-corrected chi connectivity index (χ2v) is 8.92. The van der Waals surface area contributed by atoms with Crippen LogP contribution in [0.25, 0.3) is 5.69 Å². The number of rotatable bonds is 5. The first kappa shape index (κ1) is 25.2. The van der Waals surface area contributed by atoms with Crippen LogP contribution < -0.4 is 16.0 Å². The minimum Gasteiger partial charge on any atom is -0.497 e. The highest BCUT2D eigenvalue weighted by Crippen LogP contribution is 2.18. The van der Waals surface area contributed by atoms with Crippen LogP contribution in [0.15, 0.2) is 52.1 Å². The van der Waals surface area contributed by atoms with Gasteiger partial charge in [-0.15, -0.1) is 0 Å². The van der Waals surface area contributed by atoms with Gasteiger partial charge in [-0.1, -0.05) is 29.8 Å². The molecule has 2 amide bonds. The fourth-order valence-electron chi connectivity index (χ4n) is 4.00. The van der Waals surface area contributed by atoms with Crippen molar-refractivity contribution < 1.29 is 14.3 Å². The molecule has 188 valence electrons. The molecule has 0 radical (unpaired) electrons. The fourth-order valence-corrected chi connectivity index (χ4v) is 4.17. The van der Waals surface area contributed by atoms with Gasteiger partial charge in [-0.3, -0.25) is 19.0 Å². The molecule has 0 unspecified atom stereocenters. The molecule has 10 nitrogen and oxygen atoms in total. The van der Waals surface area contributed by atoms with Gasteiger partial charge in [0.2, 0.25) is 11.6 Å². The Morgan fingerprint density at radius 1 is 1.03 bits per heavy atom. The van der Waals surface area contributed by atoms with Crippen LogP contribution in [0.4, 0.5) is 0 Å². The normalized spacial score (nSPS) is 13.6. The summed E-state index contributed by atoms with van der Waals surface area (Å²) in [7, 11) is 1.52. The highest BCUT2D eigenvalue weighted by molar-refractivity contribution is 6.31. The molecule has 36 heavy (non-hydrogen) atoms. The van der Waals surface area contributed by atoms with E-state index in [2.05, 4.69) is 5.10 Å². The van der Waals surface area contributed by atoms with Crippen LogP contribution in [0.5, 0.6) is 5.75 Å². The standard InChI is InChI=1S/C25H26ClN5O5/c1-16-7-8-19(14-21(16)26)31-25(35)30(15-18-5-4-6-20(13-18)36-3)24(34)22(27-31)23(33)29-11-9-28(10-12-29)17(2)32/h4-8,13-14H,9-12,15H2,1-3H3. The van der Waals surface area contributed by atoms with E-state index in [4.69, 9.17) is 16.3 Å². The van der Waals surface area contributed by atoms with E-state index in [1.54, 1.807) is 47.4 Å². The van der Waals surface area contributed by atoms with Crippen LogP contribution in [0.1, 0.15) is 28.5 Å². The Morgan fingerprint density at radius 2 is 1.72 bits per heavy atom. The van der Waals surface area contributed by atoms with Gasteiger partial charge >= 0.3 is 5.69 Å². The smallest absolute Gasteiger partial charge is 0.352 e. The number of halogens is 1. The second kappa shape index (κ2) is 10.4. The third-order valence-corrected chi connectivity index (χ3v) is 6.56. The molecule has 0 saturated carbocycles. The fraction of sp³-hybridized carbons (Fsp3) is 0.320. The van der Waals surface area contributed by atoms with E-state index in [1.807, 2.05) is 6.92 Å². The Labute approximate surface area is 212 Å².